The third kappa shape index (κ3) is 4.81. The number of halogens is 3. The van der Waals surface area contributed by atoms with Gasteiger partial charge in [0.1, 0.15) is 10.5 Å². The van der Waals surface area contributed by atoms with Crippen molar-refractivity contribution in [3.8, 4) is 5.88 Å². The van der Waals surface area contributed by atoms with Crippen LogP contribution >= 0.6 is 0 Å². The summed E-state index contributed by atoms with van der Waals surface area (Å²) in [5, 5.41) is 14.7. The van der Waals surface area contributed by atoms with Gasteiger partial charge in [0.25, 0.3) is 0 Å². The molecule has 0 aliphatic heterocycles. The van der Waals surface area contributed by atoms with Gasteiger partial charge >= 0.3 is 6.18 Å². The highest BCUT2D eigenvalue weighted by Gasteiger charge is 2.37. The molecule has 0 radical (unpaired) electrons. The van der Waals surface area contributed by atoms with E-state index in [1.54, 1.807) is 6.92 Å². The molecule has 1 aliphatic carbocycles. The Hall–Kier alpha value is -1.39. The lowest BCUT2D eigenvalue weighted by atomic mass is 9.80. The van der Waals surface area contributed by atoms with E-state index in [2.05, 4.69) is 4.98 Å². The number of alkyl halides is 3. The minimum atomic E-state index is -4.82. The number of aromatic nitrogens is 1. The zero-order valence-electron chi connectivity index (χ0n) is 13.0. The summed E-state index contributed by atoms with van der Waals surface area (Å²) in [6.07, 6.45) is -1.73. The Morgan fingerprint density at radius 2 is 2.00 bits per heavy atom. The average Bonchev–Trinajstić information content (AvgIpc) is 2.44. The molecule has 1 aromatic rings. The van der Waals surface area contributed by atoms with Gasteiger partial charge in [0.05, 0.1) is 18.4 Å². The number of pyridine rings is 1. The quantitative estimate of drug-likeness (QED) is 0.847. The summed E-state index contributed by atoms with van der Waals surface area (Å²) in [7, 11) is -4.30. The first kappa shape index (κ1) is 18.9. The standard InChI is InChI=1S/C14H19F3N2O4S/c1-13(20)4-2-9(3-5-13)8-23-12-11(14(15,16)17)6-10(7-19-12)24(18,21)22/h6-7,9,20H,2-5,8H2,1H3,(H2,18,21,22)/t9-,13-. The molecule has 0 saturated heterocycles. The van der Waals surface area contributed by atoms with E-state index in [1.165, 1.54) is 0 Å². The summed E-state index contributed by atoms with van der Waals surface area (Å²) in [6.45, 7) is 1.74. The van der Waals surface area contributed by atoms with Crippen LogP contribution in [0.15, 0.2) is 17.2 Å². The number of nitrogens with zero attached hydrogens (tertiary/aromatic N) is 1. The SMILES string of the molecule is C[C@]1(O)CC[C@H](COc2ncc(S(N)(=O)=O)cc2C(F)(F)F)CC1. The van der Waals surface area contributed by atoms with E-state index in [0.29, 0.717) is 31.7 Å². The van der Waals surface area contributed by atoms with E-state index < -0.39 is 38.1 Å². The molecule has 1 aromatic heterocycles. The van der Waals surface area contributed by atoms with Crippen molar-refractivity contribution in [1.82, 2.24) is 4.98 Å². The Balaban J connectivity index is 2.15. The normalized spacial score (nSPS) is 25.5. The van der Waals surface area contributed by atoms with E-state index in [-0.39, 0.29) is 12.5 Å². The van der Waals surface area contributed by atoms with E-state index >= 15 is 0 Å². The van der Waals surface area contributed by atoms with Crippen LogP contribution in [0, 0.1) is 5.92 Å². The van der Waals surface area contributed by atoms with Crippen molar-refractivity contribution in [1.29, 1.82) is 0 Å². The maximum absolute atomic E-state index is 13.1. The molecule has 24 heavy (non-hydrogen) atoms. The van der Waals surface area contributed by atoms with Crippen LogP contribution in [-0.2, 0) is 16.2 Å². The summed E-state index contributed by atoms with van der Waals surface area (Å²) in [5.41, 5.74) is -2.03. The Bertz CT molecular complexity index is 694. The van der Waals surface area contributed by atoms with Crippen molar-refractivity contribution in [2.45, 2.75) is 49.3 Å². The molecule has 3 N–H and O–H groups in total. The molecule has 0 atom stereocenters. The lowest BCUT2D eigenvalue weighted by Gasteiger charge is -2.32. The monoisotopic (exact) mass is 368 g/mol. The van der Waals surface area contributed by atoms with Crippen LogP contribution < -0.4 is 9.88 Å². The average molecular weight is 368 g/mol. The summed E-state index contributed by atoms with van der Waals surface area (Å²) >= 11 is 0. The Kier molecular flexibility index (Phi) is 5.12. The maximum Gasteiger partial charge on any atom is 0.421 e. The van der Waals surface area contributed by atoms with Gasteiger partial charge in [0.15, 0.2) is 0 Å². The summed E-state index contributed by atoms with van der Waals surface area (Å²) in [5.74, 6) is -0.668. The molecule has 10 heteroatoms. The molecule has 1 heterocycles. The molecule has 6 nitrogen and oxygen atoms in total. The van der Waals surface area contributed by atoms with Gasteiger partial charge in [-0.15, -0.1) is 0 Å². The van der Waals surface area contributed by atoms with E-state index in [0.717, 1.165) is 6.20 Å². The third-order valence-electron chi connectivity index (χ3n) is 4.10. The van der Waals surface area contributed by atoms with Crippen LogP contribution in [0.1, 0.15) is 38.2 Å². The van der Waals surface area contributed by atoms with Crippen LogP contribution in [0.3, 0.4) is 0 Å². The van der Waals surface area contributed by atoms with Crippen molar-refractivity contribution in [2.75, 3.05) is 6.61 Å². The van der Waals surface area contributed by atoms with Crippen LogP contribution in [0.2, 0.25) is 0 Å². The molecule has 0 aromatic carbocycles. The molecule has 136 valence electrons. The summed E-state index contributed by atoms with van der Waals surface area (Å²) in [6, 6.07) is 0.420. The molecule has 0 spiro atoms. The predicted octanol–water partition coefficient (Wildman–Crippen LogP) is 2.07. The summed E-state index contributed by atoms with van der Waals surface area (Å²) in [4.78, 5) is 2.75. The first-order valence-electron chi connectivity index (χ1n) is 7.34. The van der Waals surface area contributed by atoms with Crippen LogP contribution in [0.5, 0.6) is 5.88 Å². The molecular formula is C14H19F3N2O4S. The first-order valence-corrected chi connectivity index (χ1v) is 8.88. The number of nitrogens with two attached hydrogens (primary N) is 1. The fourth-order valence-corrected chi connectivity index (χ4v) is 3.05. The fourth-order valence-electron chi connectivity index (χ4n) is 2.57. The molecule has 0 unspecified atom stereocenters. The number of aliphatic hydroxyl groups is 1. The largest absolute Gasteiger partial charge is 0.477 e. The Morgan fingerprint density at radius 3 is 2.50 bits per heavy atom. The molecular weight excluding hydrogens is 349 g/mol. The Labute approximate surface area is 137 Å². The first-order chi connectivity index (χ1) is 10.9. The number of hydrogen-bond donors (Lipinski definition) is 2. The van der Waals surface area contributed by atoms with Gasteiger partial charge in [-0.2, -0.15) is 13.2 Å². The lowest BCUT2D eigenvalue weighted by Crippen LogP contribution is -2.32. The van der Waals surface area contributed by atoms with Crippen molar-refractivity contribution in [3.63, 3.8) is 0 Å². The molecule has 1 fully saturated rings. The second-order valence-corrected chi connectivity index (χ2v) is 7.88. The number of sulfonamides is 1. The highest BCUT2D eigenvalue weighted by Crippen LogP contribution is 2.37. The van der Waals surface area contributed by atoms with Gasteiger partial charge in [-0.25, -0.2) is 18.5 Å². The molecule has 0 amide bonds. The van der Waals surface area contributed by atoms with Crippen molar-refractivity contribution >= 4 is 10.0 Å². The van der Waals surface area contributed by atoms with Crippen molar-refractivity contribution < 1.29 is 31.4 Å². The van der Waals surface area contributed by atoms with Gasteiger partial charge in [0.2, 0.25) is 15.9 Å². The van der Waals surface area contributed by atoms with Crippen molar-refractivity contribution in [2.24, 2.45) is 11.1 Å². The second kappa shape index (κ2) is 6.49. The van der Waals surface area contributed by atoms with Gasteiger partial charge in [0, 0.05) is 0 Å². The molecule has 1 aliphatic rings. The highest BCUT2D eigenvalue weighted by atomic mass is 32.2. The maximum atomic E-state index is 13.1. The minimum absolute atomic E-state index is 0.00558. The van der Waals surface area contributed by atoms with Gasteiger partial charge in [-0.3, -0.25) is 0 Å². The van der Waals surface area contributed by atoms with Crippen molar-refractivity contribution in [3.05, 3.63) is 17.8 Å². The van der Waals surface area contributed by atoms with Gasteiger partial charge in [-0.1, -0.05) is 0 Å². The lowest BCUT2D eigenvalue weighted by molar-refractivity contribution is -0.139. The fraction of sp³-hybridized carbons (Fsp3) is 0.643. The molecule has 0 bridgehead atoms. The zero-order valence-corrected chi connectivity index (χ0v) is 13.8. The summed E-state index contributed by atoms with van der Waals surface area (Å²) < 4.78 is 66.9. The second-order valence-electron chi connectivity index (χ2n) is 6.32. The van der Waals surface area contributed by atoms with E-state index in [4.69, 9.17) is 9.88 Å². The predicted molar refractivity (Wildman–Crippen MR) is 78.7 cm³/mol. The number of hydrogen-bond acceptors (Lipinski definition) is 5. The van der Waals surface area contributed by atoms with Crippen LogP contribution in [0.25, 0.3) is 0 Å². The highest BCUT2D eigenvalue weighted by molar-refractivity contribution is 7.89. The smallest absolute Gasteiger partial charge is 0.421 e. The number of ether oxygens (including phenoxy) is 1. The Morgan fingerprint density at radius 1 is 1.42 bits per heavy atom. The molecule has 2 rings (SSSR count). The van der Waals surface area contributed by atoms with Gasteiger partial charge < -0.3 is 9.84 Å². The minimum Gasteiger partial charge on any atom is -0.477 e. The van der Waals surface area contributed by atoms with E-state index in [1.807, 2.05) is 0 Å². The van der Waals surface area contributed by atoms with Crippen LogP contribution in [-0.4, -0.2) is 30.7 Å². The molecule has 1 saturated carbocycles. The van der Waals surface area contributed by atoms with Crippen LogP contribution in [0.4, 0.5) is 13.2 Å². The zero-order chi connectivity index (χ0) is 18.2. The third-order valence-corrected chi connectivity index (χ3v) is 4.98. The number of rotatable bonds is 4. The number of primary sulfonamides is 1. The van der Waals surface area contributed by atoms with Gasteiger partial charge in [-0.05, 0) is 44.6 Å². The topological polar surface area (TPSA) is 103 Å². The van der Waals surface area contributed by atoms with E-state index in [9.17, 15) is 26.7 Å².